The van der Waals surface area contributed by atoms with Crippen molar-refractivity contribution in [3.63, 3.8) is 0 Å². The van der Waals surface area contributed by atoms with Gasteiger partial charge in [0.15, 0.2) is 0 Å². The monoisotopic (exact) mass is 245 g/mol. The van der Waals surface area contributed by atoms with Gasteiger partial charge < -0.3 is 10.6 Å². The van der Waals surface area contributed by atoms with Crippen molar-refractivity contribution in [1.82, 2.24) is 10.6 Å². The number of hydrogen-bond donors (Lipinski definition) is 2. The van der Waals surface area contributed by atoms with Crippen LogP contribution in [0.5, 0.6) is 0 Å². The van der Waals surface area contributed by atoms with Gasteiger partial charge in [-0.05, 0) is 19.4 Å². The maximum absolute atomic E-state index is 11.5. The lowest BCUT2D eigenvalue weighted by Crippen LogP contribution is -2.41. The molecule has 2 amide bonds. The lowest BCUT2D eigenvalue weighted by atomic mass is 10.1. The first kappa shape index (κ1) is 13.7. The highest BCUT2D eigenvalue weighted by Gasteiger charge is 2.16. The van der Waals surface area contributed by atoms with Crippen LogP contribution >= 0.6 is 0 Å². The molecule has 1 rings (SSSR count). The molecule has 0 aliphatic heterocycles. The van der Waals surface area contributed by atoms with E-state index in [-0.39, 0.29) is 12.6 Å². The molecule has 0 aliphatic rings. The first-order valence-corrected chi connectivity index (χ1v) is 5.57. The number of nitrogens with zero attached hydrogens (tertiary/aromatic N) is 1. The molecule has 5 heteroatoms. The van der Waals surface area contributed by atoms with Gasteiger partial charge in [-0.25, -0.2) is 0 Å². The number of carbonyl (C=O) groups excluding carboxylic acids is 2. The van der Waals surface area contributed by atoms with Crippen LogP contribution < -0.4 is 10.6 Å². The predicted molar refractivity (Wildman–Crippen MR) is 66.4 cm³/mol. The van der Waals surface area contributed by atoms with Crippen molar-refractivity contribution in [2.45, 2.75) is 19.9 Å². The summed E-state index contributed by atoms with van der Waals surface area (Å²) in [5.41, 5.74) is 2.05. The Bertz CT molecular complexity index is 474. The van der Waals surface area contributed by atoms with Crippen LogP contribution in [0.2, 0.25) is 0 Å². The summed E-state index contributed by atoms with van der Waals surface area (Å²) in [6, 6.07) is 9.14. The Morgan fingerprint density at radius 2 is 1.89 bits per heavy atom. The maximum Gasteiger partial charge on any atom is 0.310 e. The summed E-state index contributed by atoms with van der Waals surface area (Å²) in [7, 11) is 0. The highest BCUT2D eigenvalue weighted by molar-refractivity contribution is 6.35. The summed E-state index contributed by atoms with van der Waals surface area (Å²) in [6.07, 6.45) is 0. The Labute approximate surface area is 106 Å². The van der Waals surface area contributed by atoms with Gasteiger partial charge in [0.05, 0.1) is 12.1 Å². The van der Waals surface area contributed by atoms with E-state index in [4.69, 9.17) is 5.26 Å². The second kappa shape index (κ2) is 6.40. The van der Waals surface area contributed by atoms with E-state index in [0.717, 1.165) is 11.1 Å². The molecule has 0 aromatic heterocycles. The van der Waals surface area contributed by atoms with E-state index in [1.165, 1.54) is 0 Å². The highest BCUT2D eigenvalue weighted by Crippen LogP contribution is 2.12. The van der Waals surface area contributed by atoms with Crippen LogP contribution in [0, 0.1) is 18.3 Å². The molecule has 1 aromatic rings. The van der Waals surface area contributed by atoms with Crippen molar-refractivity contribution >= 4 is 11.8 Å². The fourth-order valence-corrected chi connectivity index (χ4v) is 1.40. The minimum absolute atomic E-state index is 0.175. The Balaban J connectivity index is 2.57. The molecule has 94 valence electrons. The molecule has 0 fully saturated rings. The molecule has 0 spiro atoms. The predicted octanol–water partition coefficient (Wildman–Crippen LogP) is 0.812. The molecular weight excluding hydrogens is 230 g/mol. The number of benzene rings is 1. The molecule has 1 unspecified atom stereocenters. The second-order valence-corrected chi connectivity index (χ2v) is 3.95. The van der Waals surface area contributed by atoms with E-state index in [2.05, 4.69) is 10.6 Å². The van der Waals surface area contributed by atoms with E-state index >= 15 is 0 Å². The number of aryl methyl sites for hydroxylation is 1. The fraction of sp³-hybridized carbons (Fsp3) is 0.308. The fourth-order valence-electron chi connectivity index (χ4n) is 1.40. The highest BCUT2D eigenvalue weighted by atomic mass is 16.2. The quantitative estimate of drug-likeness (QED) is 0.610. The molecule has 0 aliphatic carbocycles. The average Bonchev–Trinajstić information content (AvgIpc) is 2.36. The topological polar surface area (TPSA) is 82.0 Å². The van der Waals surface area contributed by atoms with Gasteiger partial charge in [0.25, 0.3) is 0 Å². The molecular formula is C13H15N3O2. The number of hydrogen-bond acceptors (Lipinski definition) is 3. The second-order valence-electron chi connectivity index (χ2n) is 3.95. The minimum Gasteiger partial charge on any atom is -0.341 e. The summed E-state index contributed by atoms with van der Waals surface area (Å²) in [6.45, 7) is 3.59. The zero-order valence-corrected chi connectivity index (χ0v) is 10.4. The first-order chi connectivity index (χ1) is 8.54. The largest absolute Gasteiger partial charge is 0.341 e. The summed E-state index contributed by atoms with van der Waals surface area (Å²) in [5.74, 6) is -1.53. The van der Waals surface area contributed by atoms with Gasteiger partial charge in [0.2, 0.25) is 0 Å². The van der Waals surface area contributed by atoms with Crippen LogP contribution in [-0.4, -0.2) is 18.4 Å². The van der Waals surface area contributed by atoms with Crippen LogP contribution in [0.3, 0.4) is 0 Å². The molecule has 2 N–H and O–H groups in total. The summed E-state index contributed by atoms with van der Waals surface area (Å²) in [5, 5.41) is 13.0. The third-order valence-corrected chi connectivity index (χ3v) is 2.46. The zero-order valence-electron chi connectivity index (χ0n) is 10.4. The molecule has 0 saturated heterocycles. The SMILES string of the molecule is Cc1ccc(C(C)NC(=O)C(=O)NCC#N)cc1. The molecule has 18 heavy (non-hydrogen) atoms. The van der Waals surface area contributed by atoms with Gasteiger partial charge >= 0.3 is 11.8 Å². The zero-order chi connectivity index (χ0) is 13.5. The van der Waals surface area contributed by atoms with Gasteiger partial charge in [-0.2, -0.15) is 5.26 Å². The summed E-state index contributed by atoms with van der Waals surface area (Å²) >= 11 is 0. The number of carbonyl (C=O) groups is 2. The van der Waals surface area contributed by atoms with Crippen LogP contribution in [-0.2, 0) is 9.59 Å². The maximum atomic E-state index is 11.5. The molecule has 1 atom stereocenters. The van der Waals surface area contributed by atoms with Crippen LogP contribution in [0.25, 0.3) is 0 Å². The minimum atomic E-state index is -0.796. The standard InChI is InChI=1S/C13H15N3O2/c1-9-3-5-11(6-4-9)10(2)16-13(18)12(17)15-8-7-14/h3-6,10H,8H2,1-2H3,(H,15,17)(H,16,18). The number of nitriles is 1. The average molecular weight is 245 g/mol. The van der Waals surface area contributed by atoms with E-state index in [1.807, 2.05) is 31.2 Å². The molecule has 0 saturated carbocycles. The van der Waals surface area contributed by atoms with Crippen LogP contribution in [0.4, 0.5) is 0 Å². The molecule has 5 nitrogen and oxygen atoms in total. The lowest BCUT2D eigenvalue weighted by Gasteiger charge is -2.13. The third-order valence-electron chi connectivity index (χ3n) is 2.46. The molecule has 1 aromatic carbocycles. The Morgan fingerprint density at radius 1 is 1.28 bits per heavy atom. The summed E-state index contributed by atoms with van der Waals surface area (Å²) in [4.78, 5) is 22.7. The van der Waals surface area contributed by atoms with E-state index in [0.29, 0.717) is 0 Å². The van der Waals surface area contributed by atoms with Crippen molar-refractivity contribution < 1.29 is 9.59 Å². The smallest absolute Gasteiger partial charge is 0.310 e. The lowest BCUT2D eigenvalue weighted by molar-refractivity contribution is -0.139. The van der Waals surface area contributed by atoms with Crippen LogP contribution in [0.15, 0.2) is 24.3 Å². The Morgan fingerprint density at radius 3 is 2.44 bits per heavy atom. The van der Waals surface area contributed by atoms with Crippen molar-refractivity contribution in [3.8, 4) is 6.07 Å². The Hall–Kier alpha value is -2.35. The van der Waals surface area contributed by atoms with Crippen molar-refractivity contribution in [3.05, 3.63) is 35.4 Å². The van der Waals surface area contributed by atoms with Gasteiger partial charge in [0, 0.05) is 0 Å². The first-order valence-electron chi connectivity index (χ1n) is 5.57. The van der Waals surface area contributed by atoms with Gasteiger partial charge in [-0.1, -0.05) is 29.8 Å². The van der Waals surface area contributed by atoms with E-state index in [1.54, 1.807) is 13.0 Å². The van der Waals surface area contributed by atoms with Crippen molar-refractivity contribution in [1.29, 1.82) is 5.26 Å². The van der Waals surface area contributed by atoms with E-state index in [9.17, 15) is 9.59 Å². The number of nitrogens with one attached hydrogen (secondary N) is 2. The summed E-state index contributed by atoms with van der Waals surface area (Å²) < 4.78 is 0. The number of rotatable bonds is 3. The Kier molecular flexibility index (Phi) is 4.88. The van der Waals surface area contributed by atoms with Crippen molar-refractivity contribution in [2.75, 3.05) is 6.54 Å². The molecule has 0 bridgehead atoms. The van der Waals surface area contributed by atoms with Gasteiger partial charge in [-0.3, -0.25) is 9.59 Å². The number of amides is 2. The van der Waals surface area contributed by atoms with Crippen molar-refractivity contribution in [2.24, 2.45) is 0 Å². The van der Waals surface area contributed by atoms with E-state index < -0.39 is 11.8 Å². The third kappa shape index (κ3) is 3.91. The molecule has 0 radical (unpaired) electrons. The normalized spacial score (nSPS) is 11.2. The van der Waals surface area contributed by atoms with Crippen LogP contribution in [0.1, 0.15) is 24.1 Å². The van der Waals surface area contributed by atoms with Gasteiger partial charge in [-0.15, -0.1) is 0 Å². The molecule has 0 heterocycles. The van der Waals surface area contributed by atoms with Gasteiger partial charge in [0.1, 0.15) is 6.54 Å².